The molecule has 0 aliphatic carbocycles. The fourth-order valence-corrected chi connectivity index (χ4v) is 59.6. The molecule has 1 amide bonds. The fourth-order valence-electron chi connectivity index (χ4n) is 9.46. The van der Waals surface area contributed by atoms with E-state index >= 15 is 0 Å². The smallest absolute Gasteiger partial charge is 0.325 e. The number of carbonyl (C=O) groups excluding carboxylic acids is 5. The van der Waals surface area contributed by atoms with E-state index in [1.807, 2.05) is 49.4 Å². The highest BCUT2D eigenvalue weighted by Crippen LogP contribution is 2.30. The summed E-state index contributed by atoms with van der Waals surface area (Å²) in [5.74, 6) is -0.399. The van der Waals surface area contributed by atoms with Crippen LogP contribution in [0.15, 0.2) is 107 Å². The molecule has 4 atom stereocenters. The molecule has 10 rings (SSSR count). The Hall–Kier alpha value is -0.870. The summed E-state index contributed by atoms with van der Waals surface area (Å²) in [7, 11) is 38.1. The molecular formula is C56H55Br2ClF2N12O7S30. The van der Waals surface area contributed by atoms with E-state index in [9.17, 15) is 37.5 Å². The van der Waals surface area contributed by atoms with E-state index < -0.39 is 30.3 Å². The van der Waals surface area contributed by atoms with Gasteiger partial charge in [-0.05, 0) is 119 Å². The van der Waals surface area contributed by atoms with Crippen molar-refractivity contribution in [2.45, 2.75) is 104 Å². The lowest BCUT2D eigenvalue weighted by atomic mass is 10.0. The minimum Gasteiger partial charge on any atom is -0.480 e. The van der Waals surface area contributed by atoms with Gasteiger partial charge in [0.05, 0.1) is 66.7 Å². The summed E-state index contributed by atoms with van der Waals surface area (Å²) in [6, 6.07) is 20.6. The molecule has 2 aromatic carbocycles. The molecule has 2 fully saturated rings. The molecule has 2 aliphatic rings. The summed E-state index contributed by atoms with van der Waals surface area (Å²) in [5, 5.41) is 22.3. The first-order valence-corrected chi connectivity index (χ1v) is 67.2. The van der Waals surface area contributed by atoms with Gasteiger partial charge in [0.1, 0.15) is 57.9 Å². The number of rotatable bonds is 16. The number of benzene rings is 2. The van der Waals surface area contributed by atoms with Crippen molar-refractivity contribution in [2.24, 2.45) is 0 Å². The number of halogens is 5. The van der Waals surface area contributed by atoms with Crippen molar-refractivity contribution in [3.63, 3.8) is 0 Å². The predicted octanol–water partition coefficient (Wildman–Crippen LogP) is 7.86. The molecule has 0 saturated carbocycles. The van der Waals surface area contributed by atoms with Crippen LogP contribution in [0, 0.1) is 13.8 Å². The van der Waals surface area contributed by atoms with Gasteiger partial charge in [0.15, 0.2) is 11.6 Å². The van der Waals surface area contributed by atoms with Gasteiger partial charge >= 0.3 is 5.97 Å². The van der Waals surface area contributed by atoms with Crippen molar-refractivity contribution in [3.05, 3.63) is 141 Å². The molecule has 0 unspecified atom stereocenters. The molecule has 0 spiro atoms. The van der Waals surface area contributed by atoms with E-state index in [1.54, 1.807) is 222 Å². The Morgan fingerprint density at radius 2 is 0.873 bits per heavy atom. The normalized spacial score (nSPS) is 13.9. The van der Waals surface area contributed by atoms with Crippen LogP contribution in [0.5, 0.6) is 0 Å². The van der Waals surface area contributed by atoms with Gasteiger partial charge in [-0.1, -0.05) is 24.3 Å². The van der Waals surface area contributed by atoms with Crippen molar-refractivity contribution in [3.8, 4) is 22.3 Å². The molecule has 2 aliphatic heterocycles. The topological polar surface area (TPSA) is 251 Å². The molecule has 6 aromatic heterocycles. The van der Waals surface area contributed by atoms with E-state index in [4.69, 9.17) is 5.11 Å². The number of fused-ring (bicyclic) bond motifs is 2. The van der Waals surface area contributed by atoms with Crippen LogP contribution < -0.4 is 5.32 Å². The summed E-state index contributed by atoms with van der Waals surface area (Å²) in [5.41, 5.74) is 7.13. The zero-order valence-electron chi connectivity index (χ0n) is 56.1. The largest absolute Gasteiger partial charge is 0.480 e. The fraction of sp³-hybridized carbons (Fsp3) is 0.321. The molecule has 8 heterocycles. The minimum atomic E-state index is -1.29. The average Bonchev–Trinajstić information content (AvgIpc) is 1.64. The van der Waals surface area contributed by atoms with Gasteiger partial charge in [-0.3, -0.25) is 38.1 Å². The summed E-state index contributed by atoms with van der Waals surface area (Å²) < 4.78 is 31.6. The van der Waals surface area contributed by atoms with Crippen LogP contribution >= 0.6 is 44.3 Å². The number of hydrogen-bond acceptors (Lipinski definition) is 21. The number of aryl methyl sites for hydroxylation is 2. The van der Waals surface area contributed by atoms with Crippen LogP contribution in [0.25, 0.3) is 44.1 Å². The van der Waals surface area contributed by atoms with Gasteiger partial charge in [-0.25, -0.2) is 38.7 Å². The number of likely N-dealkylation sites (tertiary alicyclic amines) is 1. The number of Topliss-reactive ketones (excluding diaryl/α,β-unsaturated/α-hetero) is 4. The first kappa shape index (κ1) is 101. The average molecular weight is 2200 g/mol. The molecular weight excluding hydrogens is 2150 g/mol. The zero-order chi connectivity index (χ0) is 79.5. The van der Waals surface area contributed by atoms with Gasteiger partial charge in [0.2, 0.25) is 5.91 Å². The van der Waals surface area contributed by atoms with Crippen LogP contribution in [0.1, 0.15) is 61.1 Å². The van der Waals surface area contributed by atoms with Gasteiger partial charge in [-0.2, -0.15) is 10.2 Å². The Kier molecular flexibility index (Phi) is 54.4. The van der Waals surface area contributed by atoms with Crippen molar-refractivity contribution in [2.75, 3.05) is 13.1 Å². The number of hydrogen-bond donors (Lipinski definition) is 2. The second-order valence-corrected chi connectivity index (χ2v) is 65.0. The number of amides is 1. The third-order valence-electron chi connectivity index (χ3n) is 13.5. The van der Waals surface area contributed by atoms with Crippen molar-refractivity contribution in [1.82, 2.24) is 59.7 Å². The van der Waals surface area contributed by atoms with Crippen LogP contribution in [-0.4, -0.2) is 132 Å². The van der Waals surface area contributed by atoms with Crippen molar-refractivity contribution < 1.29 is 42.7 Å². The van der Waals surface area contributed by atoms with E-state index in [0.29, 0.717) is 54.7 Å². The maximum absolute atomic E-state index is 14.5. The zero-order valence-corrected chi connectivity index (χ0v) is 84.6. The third kappa shape index (κ3) is 39.3. The van der Waals surface area contributed by atoms with E-state index in [-0.39, 0.29) is 106 Å². The first-order valence-electron chi connectivity index (χ1n) is 29.6. The van der Waals surface area contributed by atoms with Crippen molar-refractivity contribution in [1.29, 1.82) is 0 Å². The molecule has 8 aromatic rings. The van der Waals surface area contributed by atoms with Crippen LogP contribution in [0.4, 0.5) is 8.78 Å². The number of carbonyl (C=O) groups is 6. The molecule has 110 heavy (non-hydrogen) atoms. The number of aliphatic carboxylic acids is 1. The summed E-state index contributed by atoms with van der Waals surface area (Å²) >= 11 is 34.5. The maximum atomic E-state index is 14.5. The van der Waals surface area contributed by atoms with E-state index in [1.165, 1.54) is 81.4 Å². The predicted molar refractivity (Wildman–Crippen MR) is 523 cm³/mol. The molecule has 596 valence electrons. The monoisotopic (exact) mass is 2200 g/mol. The van der Waals surface area contributed by atoms with Crippen LogP contribution in [0.3, 0.4) is 0 Å². The molecule has 19 nitrogen and oxygen atoms in total. The molecule has 54 heteroatoms. The Bertz CT molecular complexity index is 5740. The van der Waals surface area contributed by atoms with E-state index in [2.05, 4.69) is 144 Å². The summed E-state index contributed by atoms with van der Waals surface area (Å²) in [4.78, 5) is 99.4. The lowest BCUT2D eigenvalue weighted by Crippen LogP contribution is -2.43. The highest BCUT2D eigenvalue weighted by molar-refractivity contribution is 9.10. The number of carboxylic acid groups (broad SMARTS) is 1. The Morgan fingerprint density at radius 1 is 0.500 bits per heavy atom. The number of nitrogens with zero attached hydrogens (tertiary/aromatic N) is 11. The lowest BCUT2D eigenvalue weighted by Gasteiger charge is -2.23. The molecule has 2 N–H and O–H groups in total. The second kappa shape index (κ2) is 58.9. The number of pyridine rings is 2. The number of ketones is 4. The standard InChI is InChI=1S/C28H26BrFN6O3.C17H16N4O3.C11H12BrFN2O.ClH.S11.S10.S9/c1-16(37)8-23-22-9-18(19-12-31-17(2)32-13-19)6-7-24(22)36(34-23)15-28(39)35-14-20(30)10-25(35)26(38)11-21-4-3-5-27(29)33-21;1-10(22)5-15-14-6-12(13-7-18-11(2)19-8-13)3-4-16(14)21(20-15)9-17(23)24;12-11-3-1-2-8(15-11)5-10(16)9-4-7(13)6-14-9;;1-3-5-7-9-11-10-8-6-4-2;1-3-5-7-9-10-8-6-4-2;1-3-5-7-9-8-6-4-2/h3-7,9,12-13,20,25H,8,10-11,14-15H2,1-2H3;3-4,6-8H,5,9H2,1-2H3,(H,23,24);1-3,7,9,14H,4-6H2;1H;;;/t20-,25+;;7-,9+;;;;/m1.1..../s1. The summed E-state index contributed by atoms with van der Waals surface area (Å²) in [6.45, 7) is 6.28. The second-order valence-electron chi connectivity index (χ2n) is 20.9. The van der Waals surface area contributed by atoms with Gasteiger partial charge < -0.3 is 15.3 Å². The first-order chi connectivity index (χ1) is 52.5. The summed E-state index contributed by atoms with van der Waals surface area (Å²) in [6.07, 6.45) is 5.48. The van der Waals surface area contributed by atoms with Gasteiger partial charge in [0.25, 0.3) is 0 Å². The Balaban J connectivity index is 0.000000307. The SMILES string of the molecule is CC(=O)Cc1nn(CC(=O)N2C[C@H](F)C[C@H]2C(=O)Cc2cccc(Br)n2)c2ccc(-c3cnc(C)nc3)cc12.CC(=O)Cc1nn(CC(=O)O)c2ccc(-c3cnc(C)nc3)cc12.Cl.O=C(Cc1cccc(Br)n1)[C@@H]1C[C@@H](F)CN1.S=S=S=S=S=S=S=S=S.S=S=S=S=S=S=S=S=S=S.S=S=S=S=S=S=S=S=S=S=S. The van der Waals surface area contributed by atoms with Gasteiger partial charge in [-0.15, -0.1) is 12.4 Å². The third-order valence-corrected chi connectivity index (χ3v) is 61.1. The minimum absolute atomic E-state index is 0. The van der Waals surface area contributed by atoms with Crippen LogP contribution in [0.2, 0.25) is 0 Å². The lowest BCUT2D eigenvalue weighted by molar-refractivity contribution is -0.138. The van der Waals surface area contributed by atoms with Crippen LogP contribution in [-0.2, 0) is 348 Å². The number of nitrogens with one attached hydrogen (secondary N) is 1. The maximum Gasteiger partial charge on any atom is 0.325 e. The quantitative estimate of drug-likeness (QED) is 0.0873. The van der Waals surface area contributed by atoms with E-state index in [0.717, 1.165) is 33.0 Å². The molecule has 2 saturated heterocycles. The highest BCUT2D eigenvalue weighted by atomic mass is 79.9. The number of carboxylic acids is 1. The highest BCUT2D eigenvalue weighted by Gasteiger charge is 2.40. The van der Waals surface area contributed by atoms with Gasteiger partial charge in [0, 0.05) is 358 Å². The molecule has 0 radical (unpaired) electrons. The number of alkyl halides is 2. The Morgan fingerprint density at radius 3 is 1.22 bits per heavy atom. The number of aromatic nitrogens is 10. The van der Waals surface area contributed by atoms with Crippen molar-refractivity contribution >= 4 is 381 Å². The molecule has 0 bridgehead atoms. The Labute approximate surface area is 752 Å².